The van der Waals surface area contributed by atoms with E-state index in [2.05, 4.69) is 5.32 Å². The Morgan fingerprint density at radius 2 is 2.00 bits per heavy atom. The molecule has 1 aromatic rings. The molecule has 1 aliphatic carbocycles. The first-order chi connectivity index (χ1) is 11.4. The van der Waals surface area contributed by atoms with Gasteiger partial charge in [-0.15, -0.1) is 0 Å². The number of hydrogen-bond donors (Lipinski definition) is 1. The van der Waals surface area contributed by atoms with Crippen LogP contribution in [0, 0.1) is 11.8 Å². The van der Waals surface area contributed by atoms with Crippen LogP contribution in [-0.4, -0.2) is 52.0 Å². The molecule has 1 heterocycles. The predicted octanol–water partition coefficient (Wildman–Crippen LogP) is 1.31. The molecule has 132 valence electrons. The zero-order chi connectivity index (χ0) is 17.3. The summed E-state index contributed by atoms with van der Waals surface area (Å²) in [5.74, 6) is 0.713. The molecule has 0 bridgehead atoms. The second kappa shape index (κ2) is 6.70. The second-order valence-electron chi connectivity index (χ2n) is 6.19. The molecule has 7 nitrogen and oxygen atoms in total. The number of nitrogens with zero attached hydrogens (tertiary/aromatic N) is 1. The first-order valence-electron chi connectivity index (χ1n) is 8.00. The molecule has 1 saturated heterocycles. The summed E-state index contributed by atoms with van der Waals surface area (Å²) in [6.45, 7) is 3.45. The fourth-order valence-electron chi connectivity index (χ4n) is 2.79. The first kappa shape index (κ1) is 17.2. The Kier molecular flexibility index (Phi) is 4.80. The van der Waals surface area contributed by atoms with Gasteiger partial charge in [0.05, 0.1) is 30.9 Å². The van der Waals surface area contributed by atoms with Crippen molar-refractivity contribution in [1.29, 1.82) is 0 Å². The highest BCUT2D eigenvalue weighted by molar-refractivity contribution is 7.89. The summed E-state index contributed by atoms with van der Waals surface area (Å²) in [4.78, 5) is 12.3. The summed E-state index contributed by atoms with van der Waals surface area (Å²) in [6.07, 6.45) is 0.861. The summed E-state index contributed by atoms with van der Waals surface area (Å²) in [6, 6.07) is 4.53. The van der Waals surface area contributed by atoms with Gasteiger partial charge in [0, 0.05) is 19.0 Å². The number of hydrogen-bond acceptors (Lipinski definition) is 5. The molecular weight excluding hydrogens is 332 g/mol. The van der Waals surface area contributed by atoms with E-state index in [1.165, 1.54) is 23.5 Å². The molecule has 1 aliphatic heterocycles. The molecule has 2 fully saturated rings. The van der Waals surface area contributed by atoms with Crippen molar-refractivity contribution in [2.45, 2.75) is 18.2 Å². The Balaban J connectivity index is 1.86. The van der Waals surface area contributed by atoms with Crippen molar-refractivity contribution >= 4 is 21.6 Å². The molecule has 1 amide bonds. The number of methoxy groups -OCH3 is 1. The normalized spacial score (nSPS) is 24.4. The van der Waals surface area contributed by atoms with Crippen LogP contribution in [0.5, 0.6) is 5.75 Å². The van der Waals surface area contributed by atoms with Crippen LogP contribution in [0.15, 0.2) is 23.1 Å². The molecule has 1 aromatic carbocycles. The van der Waals surface area contributed by atoms with Gasteiger partial charge in [0.1, 0.15) is 5.75 Å². The van der Waals surface area contributed by atoms with E-state index in [1.54, 1.807) is 6.07 Å². The van der Waals surface area contributed by atoms with E-state index in [0.29, 0.717) is 43.7 Å². The van der Waals surface area contributed by atoms with Gasteiger partial charge in [0.2, 0.25) is 15.9 Å². The number of sulfonamides is 1. The van der Waals surface area contributed by atoms with Gasteiger partial charge < -0.3 is 14.8 Å². The minimum atomic E-state index is -3.61. The number of benzene rings is 1. The van der Waals surface area contributed by atoms with E-state index in [1.807, 2.05) is 6.92 Å². The molecule has 3 rings (SSSR count). The molecule has 0 spiro atoms. The smallest absolute Gasteiger partial charge is 0.243 e. The van der Waals surface area contributed by atoms with Crippen molar-refractivity contribution in [3.05, 3.63) is 18.2 Å². The molecule has 0 unspecified atom stereocenters. The fraction of sp³-hybridized carbons (Fsp3) is 0.562. The van der Waals surface area contributed by atoms with E-state index in [0.717, 1.165) is 6.42 Å². The van der Waals surface area contributed by atoms with Crippen LogP contribution in [0.2, 0.25) is 0 Å². The third kappa shape index (κ3) is 3.40. The van der Waals surface area contributed by atoms with Crippen LogP contribution < -0.4 is 10.1 Å². The zero-order valence-electron chi connectivity index (χ0n) is 13.8. The van der Waals surface area contributed by atoms with Crippen LogP contribution in [-0.2, 0) is 19.6 Å². The van der Waals surface area contributed by atoms with Gasteiger partial charge in [-0.25, -0.2) is 8.42 Å². The maximum atomic E-state index is 12.7. The van der Waals surface area contributed by atoms with E-state index in [4.69, 9.17) is 9.47 Å². The number of rotatable bonds is 5. The molecule has 1 saturated carbocycles. The Morgan fingerprint density at radius 3 is 2.58 bits per heavy atom. The Morgan fingerprint density at radius 1 is 1.33 bits per heavy atom. The topological polar surface area (TPSA) is 84.9 Å². The average molecular weight is 354 g/mol. The third-order valence-electron chi connectivity index (χ3n) is 4.48. The molecule has 2 atom stereocenters. The highest BCUT2D eigenvalue weighted by Gasteiger charge is 2.39. The van der Waals surface area contributed by atoms with E-state index >= 15 is 0 Å². The molecule has 0 radical (unpaired) electrons. The number of ether oxygens (including phenoxy) is 2. The monoisotopic (exact) mass is 354 g/mol. The van der Waals surface area contributed by atoms with Gasteiger partial charge >= 0.3 is 0 Å². The summed E-state index contributed by atoms with van der Waals surface area (Å²) in [5, 5.41) is 2.80. The van der Waals surface area contributed by atoms with Crippen LogP contribution in [0.3, 0.4) is 0 Å². The average Bonchev–Trinajstić information content (AvgIpc) is 3.32. The van der Waals surface area contributed by atoms with E-state index in [9.17, 15) is 13.2 Å². The zero-order valence-corrected chi connectivity index (χ0v) is 14.6. The number of carbonyl (C=O) groups excluding carboxylic acids is 1. The minimum absolute atomic E-state index is 0.00536. The van der Waals surface area contributed by atoms with Crippen LogP contribution in [0.25, 0.3) is 0 Å². The summed E-state index contributed by atoms with van der Waals surface area (Å²) in [5.41, 5.74) is 0.385. The number of anilines is 1. The van der Waals surface area contributed by atoms with Crippen LogP contribution in [0.1, 0.15) is 13.3 Å². The highest BCUT2D eigenvalue weighted by Crippen LogP contribution is 2.39. The number of carbonyl (C=O) groups is 1. The maximum Gasteiger partial charge on any atom is 0.243 e. The van der Waals surface area contributed by atoms with Gasteiger partial charge in [0.25, 0.3) is 0 Å². The lowest BCUT2D eigenvalue weighted by molar-refractivity contribution is -0.117. The quantitative estimate of drug-likeness (QED) is 0.862. The summed E-state index contributed by atoms with van der Waals surface area (Å²) >= 11 is 0. The van der Waals surface area contributed by atoms with E-state index in [-0.39, 0.29) is 16.7 Å². The number of morpholine rings is 1. The van der Waals surface area contributed by atoms with Gasteiger partial charge in [-0.1, -0.05) is 6.92 Å². The SMILES string of the molecule is COc1ccc(S(=O)(=O)N2CCOCC2)cc1NC(=O)[C@@H]1C[C@H]1C. The first-order valence-corrected chi connectivity index (χ1v) is 9.44. The number of nitrogens with one attached hydrogen (secondary N) is 1. The summed E-state index contributed by atoms with van der Waals surface area (Å²) in [7, 11) is -2.13. The Hall–Kier alpha value is -1.64. The Bertz CT molecular complexity index is 728. The van der Waals surface area contributed by atoms with Crippen LogP contribution in [0.4, 0.5) is 5.69 Å². The summed E-state index contributed by atoms with van der Waals surface area (Å²) < 4.78 is 37.3. The van der Waals surface area contributed by atoms with Gasteiger partial charge in [-0.05, 0) is 30.5 Å². The van der Waals surface area contributed by atoms with Crippen molar-refractivity contribution < 1.29 is 22.7 Å². The Labute approximate surface area is 142 Å². The van der Waals surface area contributed by atoms with E-state index < -0.39 is 10.0 Å². The lowest BCUT2D eigenvalue weighted by atomic mass is 10.2. The third-order valence-corrected chi connectivity index (χ3v) is 6.38. The fourth-order valence-corrected chi connectivity index (χ4v) is 4.23. The maximum absolute atomic E-state index is 12.7. The molecule has 1 N–H and O–H groups in total. The molecule has 8 heteroatoms. The van der Waals surface area contributed by atoms with Crippen molar-refractivity contribution in [3.8, 4) is 5.75 Å². The minimum Gasteiger partial charge on any atom is -0.495 e. The number of amides is 1. The van der Waals surface area contributed by atoms with Gasteiger partial charge in [0.15, 0.2) is 0 Å². The van der Waals surface area contributed by atoms with Gasteiger partial charge in [-0.3, -0.25) is 4.79 Å². The molecule has 0 aromatic heterocycles. The lowest BCUT2D eigenvalue weighted by Crippen LogP contribution is -2.40. The second-order valence-corrected chi connectivity index (χ2v) is 8.13. The van der Waals surface area contributed by atoms with Crippen molar-refractivity contribution in [3.63, 3.8) is 0 Å². The molecule has 24 heavy (non-hydrogen) atoms. The lowest BCUT2D eigenvalue weighted by Gasteiger charge is -2.26. The van der Waals surface area contributed by atoms with Crippen molar-refractivity contribution in [1.82, 2.24) is 4.31 Å². The standard InChI is InChI=1S/C16H22N2O5S/c1-11-9-13(11)16(19)17-14-10-12(3-4-15(14)22-2)24(20,21)18-5-7-23-8-6-18/h3-4,10-11,13H,5-9H2,1-2H3,(H,17,19)/t11-,13-/m1/s1. The van der Waals surface area contributed by atoms with Gasteiger partial charge in [-0.2, -0.15) is 4.31 Å². The largest absolute Gasteiger partial charge is 0.495 e. The molecular formula is C16H22N2O5S. The molecule has 2 aliphatic rings. The predicted molar refractivity (Wildman–Crippen MR) is 88.5 cm³/mol. The van der Waals surface area contributed by atoms with Crippen molar-refractivity contribution in [2.24, 2.45) is 11.8 Å². The van der Waals surface area contributed by atoms with Crippen LogP contribution >= 0.6 is 0 Å². The highest BCUT2D eigenvalue weighted by atomic mass is 32.2. The van der Waals surface area contributed by atoms with Crippen molar-refractivity contribution in [2.75, 3.05) is 38.7 Å².